The Morgan fingerprint density at radius 2 is 2.00 bits per heavy atom. The number of esters is 1. The average molecular weight is 288 g/mol. The molecule has 0 radical (unpaired) electrons. The Morgan fingerprint density at radius 1 is 1.29 bits per heavy atom. The molecule has 3 saturated carbocycles. The molecule has 4 bridgehead atoms. The van der Waals surface area contributed by atoms with Gasteiger partial charge in [0.25, 0.3) is 0 Å². The maximum Gasteiger partial charge on any atom is 0.310 e. The zero-order valence-electron chi connectivity index (χ0n) is 12.9. The van der Waals surface area contributed by atoms with Crippen molar-refractivity contribution in [3.8, 4) is 0 Å². The van der Waals surface area contributed by atoms with Gasteiger partial charge in [0, 0.05) is 17.3 Å². The van der Waals surface area contributed by atoms with Crippen molar-refractivity contribution in [2.24, 2.45) is 29.1 Å². The summed E-state index contributed by atoms with van der Waals surface area (Å²) >= 11 is 0. The molecule has 0 N–H and O–H groups in total. The van der Waals surface area contributed by atoms with E-state index in [1.165, 1.54) is 32.1 Å². The first-order valence-electron chi connectivity index (χ1n) is 8.37. The van der Waals surface area contributed by atoms with Crippen LogP contribution in [0.15, 0.2) is 12.2 Å². The highest BCUT2D eigenvalue weighted by Crippen LogP contribution is 2.60. The summed E-state index contributed by atoms with van der Waals surface area (Å²) in [5.74, 6) is 0.438. The fraction of sp³-hybridized carbons (Fsp3) is 0.778. The highest BCUT2D eigenvalue weighted by Gasteiger charge is 2.57. The maximum absolute atomic E-state index is 12.6. The van der Waals surface area contributed by atoms with E-state index in [-0.39, 0.29) is 34.9 Å². The molecule has 3 fully saturated rings. The summed E-state index contributed by atoms with van der Waals surface area (Å²) < 4.78 is 6.00. The molecule has 3 nitrogen and oxygen atoms in total. The first-order valence-corrected chi connectivity index (χ1v) is 8.37. The van der Waals surface area contributed by atoms with Crippen molar-refractivity contribution in [1.29, 1.82) is 0 Å². The van der Waals surface area contributed by atoms with Crippen LogP contribution >= 0.6 is 0 Å². The number of allylic oxidation sites excluding steroid dienone is 2. The van der Waals surface area contributed by atoms with Crippen LogP contribution in [0, 0.1) is 29.1 Å². The molecule has 0 saturated heterocycles. The predicted octanol–water partition coefficient (Wildman–Crippen LogP) is 3.28. The average Bonchev–Trinajstić information content (AvgIpc) is 3.19. The summed E-state index contributed by atoms with van der Waals surface area (Å²) in [5.41, 5.74) is -0.214. The van der Waals surface area contributed by atoms with E-state index in [0.29, 0.717) is 6.42 Å². The van der Waals surface area contributed by atoms with Crippen molar-refractivity contribution in [1.82, 2.24) is 0 Å². The lowest BCUT2D eigenvalue weighted by Crippen LogP contribution is -2.46. The van der Waals surface area contributed by atoms with Crippen LogP contribution in [0.1, 0.15) is 52.4 Å². The van der Waals surface area contributed by atoms with Gasteiger partial charge in [-0.15, -0.1) is 0 Å². The van der Waals surface area contributed by atoms with Crippen LogP contribution in [0.25, 0.3) is 0 Å². The number of fused-ring (bicyclic) bond motifs is 4. The minimum atomic E-state index is -0.399. The summed E-state index contributed by atoms with van der Waals surface area (Å²) in [6.45, 7) is 4.17. The van der Waals surface area contributed by atoms with E-state index in [2.05, 4.69) is 13.8 Å². The molecule has 3 heteroatoms. The third kappa shape index (κ3) is 1.79. The van der Waals surface area contributed by atoms with Crippen LogP contribution in [0.3, 0.4) is 0 Å². The van der Waals surface area contributed by atoms with Crippen molar-refractivity contribution in [3.63, 3.8) is 0 Å². The minimum absolute atomic E-state index is 0.0313. The monoisotopic (exact) mass is 288 g/mol. The number of ketones is 1. The highest BCUT2D eigenvalue weighted by atomic mass is 16.6. The Bertz CT molecular complexity index is 523. The maximum atomic E-state index is 12.6. The van der Waals surface area contributed by atoms with Crippen LogP contribution in [0.4, 0.5) is 0 Å². The third-order valence-electron chi connectivity index (χ3n) is 6.86. The third-order valence-corrected chi connectivity index (χ3v) is 6.86. The highest BCUT2D eigenvalue weighted by molar-refractivity contribution is 5.96. The van der Waals surface area contributed by atoms with Crippen molar-refractivity contribution < 1.29 is 14.3 Å². The summed E-state index contributed by atoms with van der Waals surface area (Å²) in [5, 5.41) is 0. The van der Waals surface area contributed by atoms with Crippen molar-refractivity contribution in [3.05, 3.63) is 12.2 Å². The van der Waals surface area contributed by atoms with Crippen LogP contribution in [-0.2, 0) is 14.3 Å². The van der Waals surface area contributed by atoms with Gasteiger partial charge in [-0.3, -0.25) is 9.59 Å². The molecule has 0 heterocycles. The van der Waals surface area contributed by atoms with E-state index in [0.717, 1.165) is 5.92 Å². The molecule has 0 spiro atoms. The number of hydrogen-bond acceptors (Lipinski definition) is 3. The van der Waals surface area contributed by atoms with Gasteiger partial charge in [0.1, 0.15) is 11.4 Å². The van der Waals surface area contributed by atoms with Crippen molar-refractivity contribution in [2.75, 3.05) is 0 Å². The van der Waals surface area contributed by atoms with Crippen LogP contribution in [0.2, 0.25) is 0 Å². The number of Topliss-reactive ketones (excluding diaryl/α,β-unsaturated/α-hetero) is 1. The summed E-state index contributed by atoms with van der Waals surface area (Å²) in [7, 11) is 0. The van der Waals surface area contributed by atoms with Crippen molar-refractivity contribution in [2.45, 2.75) is 58.0 Å². The normalized spacial score (nSPS) is 43.8. The molecule has 114 valence electrons. The van der Waals surface area contributed by atoms with E-state index in [1.807, 2.05) is 12.2 Å². The van der Waals surface area contributed by atoms with Gasteiger partial charge in [0.15, 0.2) is 0 Å². The van der Waals surface area contributed by atoms with Gasteiger partial charge < -0.3 is 4.74 Å². The van der Waals surface area contributed by atoms with Crippen LogP contribution in [-0.4, -0.2) is 17.4 Å². The molecular weight excluding hydrogens is 264 g/mol. The van der Waals surface area contributed by atoms with Crippen molar-refractivity contribution >= 4 is 11.8 Å². The zero-order valence-corrected chi connectivity index (χ0v) is 12.9. The van der Waals surface area contributed by atoms with Gasteiger partial charge in [0.05, 0.1) is 5.92 Å². The zero-order chi connectivity index (χ0) is 14.8. The van der Waals surface area contributed by atoms with Gasteiger partial charge in [-0.1, -0.05) is 12.2 Å². The van der Waals surface area contributed by atoms with E-state index in [4.69, 9.17) is 4.74 Å². The number of carbonyl (C=O) groups excluding carboxylic acids is 2. The quantitative estimate of drug-likeness (QED) is 0.591. The predicted molar refractivity (Wildman–Crippen MR) is 78.4 cm³/mol. The summed E-state index contributed by atoms with van der Waals surface area (Å²) in [6.07, 6.45) is 10.7. The van der Waals surface area contributed by atoms with Crippen LogP contribution < -0.4 is 0 Å². The minimum Gasteiger partial charge on any atom is -0.459 e. The van der Waals surface area contributed by atoms with Gasteiger partial charge >= 0.3 is 5.97 Å². The van der Waals surface area contributed by atoms with E-state index >= 15 is 0 Å². The van der Waals surface area contributed by atoms with Gasteiger partial charge in [-0.25, -0.2) is 0 Å². The second kappa shape index (κ2) is 4.21. The lowest BCUT2D eigenvalue weighted by atomic mass is 9.71. The molecule has 21 heavy (non-hydrogen) atoms. The SMILES string of the molecule is CC(C)(OC(=O)C1CC2C=CC1C2=O)C12CCC(CC1)C2. The van der Waals surface area contributed by atoms with Gasteiger partial charge in [-0.05, 0) is 58.3 Å². The Balaban J connectivity index is 1.49. The second-order valence-electron chi connectivity index (χ2n) is 8.12. The smallest absolute Gasteiger partial charge is 0.310 e. The Kier molecular flexibility index (Phi) is 2.71. The topological polar surface area (TPSA) is 43.4 Å². The van der Waals surface area contributed by atoms with Gasteiger partial charge in [0.2, 0.25) is 0 Å². The Labute approximate surface area is 126 Å². The lowest BCUT2D eigenvalue weighted by molar-refractivity contribution is -0.177. The molecule has 0 aromatic carbocycles. The molecular formula is C18H24O3. The number of hydrogen-bond donors (Lipinski definition) is 0. The molecule has 0 aromatic heterocycles. The Morgan fingerprint density at radius 3 is 2.48 bits per heavy atom. The van der Waals surface area contributed by atoms with Crippen LogP contribution in [0.5, 0.6) is 0 Å². The number of ether oxygens (including phenoxy) is 1. The second-order valence-corrected chi connectivity index (χ2v) is 8.12. The molecule has 3 unspecified atom stereocenters. The fourth-order valence-corrected chi connectivity index (χ4v) is 5.36. The number of carbonyl (C=O) groups is 2. The standard InChI is InChI=1S/C18H24O3/c1-17(2,18-7-5-11(10-18)6-8-18)21-16(20)14-9-12-3-4-13(14)15(12)19/h3-4,11-14H,5-10H2,1-2H3. The molecule has 4 aliphatic rings. The fourth-order valence-electron chi connectivity index (χ4n) is 5.36. The van der Waals surface area contributed by atoms with Gasteiger partial charge in [-0.2, -0.15) is 0 Å². The molecule has 0 amide bonds. The lowest BCUT2D eigenvalue weighted by Gasteiger charge is -2.43. The largest absolute Gasteiger partial charge is 0.459 e. The molecule has 4 rings (SSSR count). The Hall–Kier alpha value is -1.12. The first kappa shape index (κ1) is 13.5. The molecule has 3 atom stereocenters. The molecule has 0 aromatic rings. The first-order chi connectivity index (χ1) is 9.92. The van der Waals surface area contributed by atoms with E-state index in [9.17, 15) is 9.59 Å². The summed E-state index contributed by atoms with van der Waals surface area (Å²) in [4.78, 5) is 24.6. The van der Waals surface area contributed by atoms with E-state index < -0.39 is 5.60 Å². The van der Waals surface area contributed by atoms with E-state index in [1.54, 1.807) is 0 Å². The summed E-state index contributed by atoms with van der Waals surface area (Å²) in [6, 6.07) is 0. The molecule has 4 aliphatic carbocycles. The number of rotatable bonds is 3. The molecule has 0 aliphatic heterocycles.